The van der Waals surface area contributed by atoms with E-state index in [-0.39, 0.29) is 0 Å². The first-order valence-electron chi connectivity index (χ1n) is 4.25. The first kappa shape index (κ1) is 9.49. The zero-order valence-electron chi connectivity index (χ0n) is 7.47. The molecule has 12 heavy (non-hydrogen) atoms. The lowest BCUT2D eigenvalue weighted by Gasteiger charge is -2.01. The minimum atomic E-state index is 0.890. The fourth-order valence-electron chi connectivity index (χ4n) is 1.12. The van der Waals surface area contributed by atoms with Crippen molar-refractivity contribution < 1.29 is 0 Å². The van der Waals surface area contributed by atoms with Gasteiger partial charge >= 0.3 is 0 Å². The Balaban J connectivity index is 2.44. The maximum atomic E-state index is 3.66. The number of nitrogens with one attached hydrogen (secondary N) is 1. The zero-order valence-corrected chi connectivity index (χ0v) is 8.29. The molecule has 0 aromatic carbocycles. The SMILES string of the molecule is C=CCNCc1sccc1CC. The summed E-state index contributed by atoms with van der Waals surface area (Å²) in [6.45, 7) is 7.73. The molecule has 0 fully saturated rings. The number of hydrogen-bond acceptors (Lipinski definition) is 2. The van der Waals surface area contributed by atoms with Gasteiger partial charge in [-0.15, -0.1) is 17.9 Å². The summed E-state index contributed by atoms with van der Waals surface area (Å²) in [4.78, 5) is 1.46. The number of aryl methyl sites for hydroxylation is 1. The standard InChI is InChI=1S/C10H15NS/c1-3-6-11-8-10-9(4-2)5-7-12-10/h3,5,7,11H,1,4,6,8H2,2H3. The van der Waals surface area contributed by atoms with Crippen LogP contribution in [0, 0.1) is 0 Å². The maximum absolute atomic E-state index is 3.66. The summed E-state index contributed by atoms with van der Waals surface area (Å²) in [5, 5.41) is 5.46. The van der Waals surface area contributed by atoms with Crippen LogP contribution in [0.4, 0.5) is 0 Å². The van der Waals surface area contributed by atoms with Crippen molar-refractivity contribution in [1.82, 2.24) is 5.32 Å². The second kappa shape index (κ2) is 5.12. The van der Waals surface area contributed by atoms with E-state index in [1.807, 2.05) is 17.4 Å². The van der Waals surface area contributed by atoms with Gasteiger partial charge in [-0.1, -0.05) is 13.0 Å². The normalized spacial score (nSPS) is 10.1. The van der Waals surface area contributed by atoms with Crippen molar-refractivity contribution in [2.75, 3.05) is 6.54 Å². The second-order valence-electron chi connectivity index (χ2n) is 2.64. The summed E-state index contributed by atoms with van der Waals surface area (Å²) >= 11 is 1.83. The van der Waals surface area contributed by atoms with E-state index in [4.69, 9.17) is 0 Å². The van der Waals surface area contributed by atoms with E-state index in [0.29, 0.717) is 0 Å². The quantitative estimate of drug-likeness (QED) is 0.544. The molecule has 66 valence electrons. The highest BCUT2D eigenvalue weighted by atomic mass is 32.1. The molecule has 1 aromatic rings. The molecule has 0 unspecified atom stereocenters. The van der Waals surface area contributed by atoms with Crippen LogP contribution in [0.1, 0.15) is 17.4 Å². The highest BCUT2D eigenvalue weighted by molar-refractivity contribution is 7.10. The van der Waals surface area contributed by atoms with Crippen LogP contribution < -0.4 is 5.32 Å². The average molecular weight is 181 g/mol. The Bertz CT molecular complexity index is 240. The summed E-state index contributed by atoms with van der Waals surface area (Å²) in [5.41, 5.74) is 1.47. The summed E-state index contributed by atoms with van der Waals surface area (Å²) in [6, 6.07) is 2.20. The molecule has 2 heteroatoms. The molecule has 0 radical (unpaired) electrons. The molecule has 0 spiro atoms. The van der Waals surface area contributed by atoms with Gasteiger partial charge in [0.25, 0.3) is 0 Å². The molecule has 0 saturated carbocycles. The molecule has 0 aliphatic heterocycles. The van der Waals surface area contributed by atoms with E-state index >= 15 is 0 Å². The molecule has 0 atom stereocenters. The molecule has 1 heterocycles. The van der Waals surface area contributed by atoms with Crippen molar-refractivity contribution in [3.05, 3.63) is 34.5 Å². The van der Waals surface area contributed by atoms with E-state index in [1.54, 1.807) is 0 Å². The van der Waals surface area contributed by atoms with Gasteiger partial charge in [-0.25, -0.2) is 0 Å². The van der Waals surface area contributed by atoms with Crippen LogP contribution in [-0.4, -0.2) is 6.54 Å². The molecule has 1 rings (SSSR count). The smallest absolute Gasteiger partial charge is 0.0305 e. The minimum absolute atomic E-state index is 0.890. The van der Waals surface area contributed by atoms with E-state index in [0.717, 1.165) is 19.5 Å². The highest BCUT2D eigenvalue weighted by Gasteiger charge is 1.99. The Labute approximate surface area is 78.1 Å². The van der Waals surface area contributed by atoms with Crippen LogP contribution in [0.15, 0.2) is 24.1 Å². The predicted octanol–water partition coefficient (Wildman–Crippen LogP) is 2.59. The fourth-order valence-corrected chi connectivity index (χ4v) is 2.07. The Morgan fingerprint density at radius 3 is 3.17 bits per heavy atom. The third kappa shape index (κ3) is 2.47. The topological polar surface area (TPSA) is 12.0 Å². The van der Waals surface area contributed by atoms with Gasteiger partial charge in [0.1, 0.15) is 0 Å². The number of thiophene rings is 1. The Morgan fingerprint density at radius 1 is 1.67 bits per heavy atom. The van der Waals surface area contributed by atoms with Crippen LogP contribution in [0.3, 0.4) is 0 Å². The highest BCUT2D eigenvalue weighted by Crippen LogP contribution is 2.16. The Hall–Kier alpha value is -0.600. The van der Waals surface area contributed by atoms with Gasteiger partial charge in [-0.05, 0) is 23.4 Å². The first-order valence-corrected chi connectivity index (χ1v) is 5.13. The lowest BCUT2D eigenvalue weighted by Crippen LogP contribution is -2.12. The number of rotatable bonds is 5. The molecule has 1 aromatic heterocycles. The van der Waals surface area contributed by atoms with Gasteiger partial charge in [0.15, 0.2) is 0 Å². The molecule has 1 nitrogen and oxygen atoms in total. The van der Waals surface area contributed by atoms with Crippen molar-refractivity contribution >= 4 is 11.3 Å². The second-order valence-corrected chi connectivity index (χ2v) is 3.64. The van der Waals surface area contributed by atoms with Crippen LogP contribution >= 0.6 is 11.3 Å². The Morgan fingerprint density at radius 2 is 2.50 bits per heavy atom. The fraction of sp³-hybridized carbons (Fsp3) is 0.400. The molecular formula is C10H15NS. The van der Waals surface area contributed by atoms with Crippen molar-refractivity contribution in [1.29, 1.82) is 0 Å². The molecule has 0 saturated heterocycles. The maximum Gasteiger partial charge on any atom is 0.0305 e. The van der Waals surface area contributed by atoms with Crippen LogP contribution in [-0.2, 0) is 13.0 Å². The van der Waals surface area contributed by atoms with E-state index < -0.39 is 0 Å². The third-order valence-corrected chi connectivity index (χ3v) is 2.76. The molecule has 0 aliphatic rings. The van der Waals surface area contributed by atoms with E-state index in [2.05, 4.69) is 30.3 Å². The van der Waals surface area contributed by atoms with Crippen molar-refractivity contribution in [2.24, 2.45) is 0 Å². The number of hydrogen-bond donors (Lipinski definition) is 1. The van der Waals surface area contributed by atoms with Crippen molar-refractivity contribution in [2.45, 2.75) is 19.9 Å². The molecular weight excluding hydrogens is 166 g/mol. The lowest BCUT2D eigenvalue weighted by molar-refractivity contribution is 0.764. The Kier molecular flexibility index (Phi) is 4.05. The molecule has 0 bridgehead atoms. The summed E-state index contributed by atoms with van der Waals surface area (Å²) in [5.74, 6) is 0. The molecule has 0 amide bonds. The van der Waals surface area contributed by atoms with Gasteiger partial charge in [-0.2, -0.15) is 0 Å². The summed E-state index contributed by atoms with van der Waals surface area (Å²) in [6.07, 6.45) is 3.02. The van der Waals surface area contributed by atoms with Gasteiger partial charge < -0.3 is 5.32 Å². The van der Waals surface area contributed by atoms with Gasteiger partial charge in [0, 0.05) is 18.0 Å². The van der Waals surface area contributed by atoms with E-state index in [9.17, 15) is 0 Å². The molecule has 1 N–H and O–H groups in total. The average Bonchev–Trinajstić information content (AvgIpc) is 2.52. The summed E-state index contributed by atoms with van der Waals surface area (Å²) in [7, 11) is 0. The minimum Gasteiger partial charge on any atom is -0.308 e. The largest absolute Gasteiger partial charge is 0.308 e. The third-order valence-electron chi connectivity index (χ3n) is 1.79. The van der Waals surface area contributed by atoms with Crippen LogP contribution in [0.5, 0.6) is 0 Å². The van der Waals surface area contributed by atoms with Crippen LogP contribution in [0.2, 0.25) is 0 Å². The predicted molar refractivity (Wildman–Crippen MR) is 55.6 cm³/mol. The van der Waals surface area contributed by atoms with Crippen molar-refractivity contribution in [3.63, 3.8) is 0 Å². The van der Waals surface area contributed by atoms with Gasteiger partial charge in [0.05, 0.1) is 0 Å². The zero-order chi connectivity index (χ0) is 8.81. The van der Waals surface area contributed by atoms with E-state index in [1.165, 1.54) is 10.4 Å². The van der Waals surface area contributed by atoms with Crippen molar-refractivity contribution in [3.8, 4) is 0 Å². The molecule has 0 aliphatic carbocycles. The monoisotopic (exact) mass is 181 g/mol. The van der Waals surface area contributed by atoms with Crippen LogP contribution in [0.25, 0.3) is 0 Å². The summed E-state index contributed by atoms with van der Waals surface area (Å²) < 4.78 is 0. The van der Waals surface area contributed by atoms with Gasteiger partial charge in [0.2, 0.25) is 0 Å². The lowest BCUT2D eigenvalue weighted by atomic mass is 10.2. The van der Waals surface area contributed by atoms with Gasteiger partial charge in [-0.3, -0.25) is 0 Å². The first-order chi connectivity index (χ1) is 5.88.